The molecule has 1 aliphatic heterocycles. The van der Waals surface area contributed by atoms with Crippen molar-refractivity contribution in [2.75, 3.05) is 6.54 Å². The van der Waals surface area contributed by atoms with Crippen molar-refractivity contribution >= 4 is 5.91 Å². The minimum atomic E-state index is 0.0949. The Kier molecular flexibility index (Phi) is 4.06. The SMILES string of the molecule is CC1CCCC(NC(=O)c2ccc3c(c2)CNCC3)C1. The van der Waals surface area contributed by atoms with Crippen LogP contribution in [0.2, 0.25) is 0 Å². The maximum Gasteiger partial charge on any atom is 0.251 e. The van der Waals surface area contributed by atoms with E-state index in [1.54, 1.807) is 0 Å². The van der Waals surface area contributed by atoms with Gasteiger partial charge < -0.3 is 10.6 Å². The number of benzene rings is 1. The molecule has 0 radical (unpaired) electrons. The van der Waals surface area contributed by atoms with E-state index in [9.17, 15) is 4.79 Å². The van der Waals surface area contributed by atoms with Crippen molar-refractivity contribution in [2.24, 2.45) is 5.92 Å². The summed E-state index contributed by atoms with van der Waals surface area (Å²) < 4.78 is 0. The number of fused-ring (bicyclic) bond motifs is 1. The molecule has 1 aliphatic carbocycles. The lowest BCUT2D eigenvalue weighted by Gasteiger charge is -2.27. The van der Waals surface area contributed by atoms with Crippen LogP contribution in [0.3, 0.4) is 0 Å². The maximum absolute atomic E-state index is 12.4. The Morgan fingerprint density at radius 3 is 3.05 bits per heavy atom. The van der Waals surface area contributed by atoms with Crippen LogP contribution in [-0.4, -0.2) is 18.5 Å². The van der Waals surface area contributed by atoms with Crippen LogP contribution in [0.15, 0.2) is 18.2 Å². The second kappa shape index (κ2) is 5.96. The van der Waals surface area contributed by atoms with Crippen LogP contribution in [0.1, 0.15) is 54.1 Å². The van der Waals surface area contributed by atoms with Crippen molar-refractivity contribution in [2.45, 2.75) is 51.6 Å². The van der Waals surface area contributed by atoms with Crippen molar-refractivity contribution in [1.82, 2.24) is 10.6 Å². The molecule has 1 heterocycles. The third kappa shape index (κ3) is 3.04. The molecule has 0 aromatic heterocycles. The number of hydrogen-bond donors (Lipinski definition) is 2. The highest BCUT2D eigenvalue weighted by atomic mass is 16.1. The zero-order valence-corrected chi connectivity index (χ0v) is 12.2. The zero-order chi connectivity index (χ0) is 13.9. The highest BCUT2D eigenvalue weighted by molar-refractivity contribution is 5.94. The van der Waals surface area contributed by atoms with Crippen molar-refractivity contribution in [3.05, 3.63) is 34.9 Å². The van der Waals surface area contributed by atoms with Gasteiger partial charge in [0.25, 0.3) is 5.91 Å². The molecule has 0 bridgehead atoms. The van der Waals surface area contributed by atoms with Gasteiger partial charge >= 0.3 is 0 Å². The molecular weight excluding hydrogens is 248 g/mol. The van der Waals surface area contributed by atoms with Gasteiger partial charge in [-0.25, -0.2) is 0 Å². The van der Waals surface area contributed by atoms with E-state index >= 15 is 0 Å². The van der Waals surface area contributed by atoms with Crippen LogP contribution >= 0.6 is 0 Å². The molecular formula is C17H24N2O. The molecule has 1 fully saturated rings. The van der Waals surface area contributed by atoms with E-state index in [1.807, 2.05) is 6.07 Å². The molecule has 2 unspecified atom stereocenters. The first-order valence-corrected chi connectivity index (χ1v) is 7.86. The predicted molar refractivity (Wildman–Crippen MR) is 80.7 cm³/mol. The van der Waals surface area contributed by atoms with Gasteiger partial charge in [-0.1, -0.05) is 25.8 Å². The predicted octanol–water partition coefficient (Wildman–Crippen LogP) is 2.64. The minimum absolute atomic E-state index is 0.0949. The smallest absolute Gasteiger partial charge is 0.251 e. The van der Waals surface area contributed by atoms with Gasteiger partial charge in [-0.05, 0) is 55.0 Å². The Bertz CT molecular complexity index is 498. The van der Waals surface area contributed by atoms with E-state index < -0.39 is 0 Å². The van der Waals surface area contributed by atoms with E-state index in [0.29, 0.717) is 6.04 Å². The normalized spacial score (nSPS) is 25.9. The summed E-state index contributed by atoms with van der Waals surface area (Å²) in [6.45, 7) is 4.21. The van der Waals surface area contributed by atoms with Crippen LogP contribution in [0, 0.1) is 5.92 Å². The standard InChI is InChI=1S/C17H24N2O/c1-12-3-2-4-16(9-12)19-17(20)14-6-5-13-7-8-18-11-15(13)10-14/h5-6,10,12,16,18H,2-4,7-9,11H2,1H3,(H,19,20). The molecule has 1 saturated carbocycles. The van der Waals surface area contributed by atoms with Gasteiger partial charge in [0.1, 0.15) is 0 Å². The van der Waals surface area contributed by atoms with Crippen molar-refractivity contribution in [3.63, 3.8) is 0 Å². The van der Waals surface area contributed by atoms with Crippen LogP contribution < -0.4 is 10.6 Å². The molecule has 2 aliphatic rings. The summed E-state index contributed by atoms with van der Waals surface area (Å²) in [6.07, 6.45) is 5.86. The summed E-state index contributed by atoms with van der Waals surface area (Å²) in [5.41, 5.74) is 3.47. The average molecular weight is 272 g/mol. The van der Waals surface area contributed by atoms with E-state index in [4.69, 9.17) is 0 Å². The monoisotopic (exact) mass is 272 g/mol. The fraction of sp³-hybridized carbons (Fsp3) is 0.588. The molecule has 2 atom stereocenters. The third-order valence-electron chi connectivity index (χ3n) is 4.63. The Balaban J connectivity index is 1.67. The van der Waals surface area contributed by atoms with Crippen LogP contribution in [-0.2, 0) is 13.0 Å². The van der Waals surface area contributed by atoms with Crippen LogP contribution in [0.5, 0.6) is 0 Å². The number of rotatable bonds is 2. The van der Waals surface area contributed by atoms with Crippen LogP contribution in [0.25, 0.3) is 0 Å². The lowest BCUT2D eigenvalue weighted by atomic mass is 9.87. The Hall–Kier alpha value is -1.35. The number of hydrogen-bond acceptors (Lipinski definition) is 2. The minimum Gasteiger partial charge on any atom is -0.349 e. The summed E-state index contributed by atoms with van der Waals surface area (Å²) in [4.78, 5) is 12.4. The third-order valence-corrected chi connectivity index (χ3v) is 4.63. The van der Waals surface area contributed by atoms with E-state index in [2.05, 4.69) is 29.7 Å². The molecule has 1 amide bonds. The molecule has 2 N–H and O–H groups in total. The molecule has 0 spiro atoms. The Labute approximate surface area is 121 Å². The fourth-order valence-electron chi connectivity index (χ4n) is 3.46. The summed E-state index contributed by atoms with van der Waals surface area (Å²) >= 11 is 0. The number of amides is 1. The lowest BCUT2D eigenvalue weighted by molar-refractivity contribution is 0.0921. The zero-order valence-electron chi connectivity index (χ0n) is 12.2. The molecule has 0 saturated heterocycles. The molecule has 3 heteroatoms. The maximum atomic E-state index is 12.4. The van der Waals surface area contributed by atoms with Gasteiger partial charge in [0.05, 0.1) is 0 Å². The fourth-order valence-corrected chi connectivity index (χ4v) is 3.46. The highest BCUT2D eigenvalue weighted by Gasteiger charge is 2.21. The molecule has 20 heavy (non-hydrogen) atoms. The van der Waals surface area contributed by atoms with Crippen molar-refractivity contribution in [1.29, 1.82) is 0 Å². The highest BCUT2D eigenvalue weighted by Crippen LogP contribution is 2.24. The van der Waals surface area contributed by atoms with Gasteiger partial charge in [-0.15, -0.1) is 0 Å². The van der Waals surface area contributed by atoms with Gasteiger partial charge in [-0.3, -0.25) is 4.79 Å². The Morgan fingerprint density at radius 1 is 1.30 bits per heavy atom. The molecule has 1 aromatic carbocycles. The first-order chi connectivity index (χ1) is 9.72. The van der Waals surface area contributed by atoms with Gasteiger partial charge in [0.2, 0.25) is 0 Å². The van der Waals surface area contributed by atoms with E-state index in [0.717, 1.165) is 43.8 Å². The topological polar surface area (TPSA) is 41.1 Å². The van der Waals surface area contributed by atoms with Gasteiger partial charge in [0.15, 0.2) is 0 Å². The van der Waals surface area contributed by atoms with Crippen LogP contribution in [0.4, 0.5) is 0 Å². The summed E-state index contributed by atoms with van der Waals surface area (Å²) in [6, 6.07) is 6.52. The number of carbonyl (C=O) groups excluding carboxylic acids is 1. The lowest BCUT2D eigenvalue weighted by Crippen LogP contribution is -2.38. The molecule has 3 nitrogen and oxygen atoms in total. The van der Waals surface area contributed by atoms with Gasteiger partial charge in [0, 0.05) is 18.2 Å². The number of nitrogens with one attached hydrogen (secondary N) is 2. The second-order valence-electron chi connectivity index (χ2n) is 6.35. The first-order valence-electron chi connectivity index (χ1n) is 7.86. The largest absolute Gasteiger partial charge is 0.349 e. The second-order valence-corrected chi connectivity index (χ2v) is 6.35. The average Bonchev–Trinajstić information content (AvgIpc) is 2.47. The quantitative estimate of drug-likeness (QED) is 0.869. The summed E-state index contributed by atoms with van der Waals surface area (Å²) in [7, 11) is 0. The van der Waals surface area contributed by atoms with Gasteiger partial charge in [-0.2, -0.15) is 0 Å². The van der Waals surface area contributed by atoms with Crippen molar-refractivity contribution in [3.8, 4) is 0 Å². The first kappa shape index (κ1) is 13.6. The van der Waals surface area contributed by atoms with Crippen molar-refractivity contribution < 1.29 is 4.79 Å². The summed E-state index contributed by atoms with van der Waals surface area (Å²) in [5, 5.41) is 6.58. The Morgan fingerprint density at radius 2 is 2.20 bits per heavy atom. The van der Waals surface area contributed by atoms with E-state index in [1.165, 1.54) is 24.0 Å². The summed E-state index contributed by atoms with van der Waals surface area (Å²) in [5.74, 6) is 0.833. The van der Waals surface area contributed by atoms with E-state index in [-0.39, 0.29) is 5.91 Å². The molecule has 108 valence electrons. The number of carbonyl (C=O) groups is 1. The molecule has 1 aromatic rings. The molecule has 3 rings (SSSR count).